The van der Waals surface area contributed by atoms with Gasteiger partial charge >= 0.3 is 0 Å². The molecule has 0 saturated carbocycles. The van der Waals surface area contributed by atoms with Gasteiger partial charge in [0.2, 0.25) is 0 Å². The quantitative estimate of drug-likeness (QED) is 0.774. The molecule has 0 spiro atoms. The Kier molecular flexibility index (Phi) is 3.35. The van der Waals surface area contributed by atoms with Gasteiger partial charge in [0.1, 0.15) is 0 Å². The van der Waals surface area contributed by atoms with Crippen LogP contribution in [-0.2, 0) is 4.74 Å². The number of aliphatic hydroxyl groups excluding tert-OH is 1. The van der Waals surface area contributed by atoms with Crippen molar-refractivity contribution in [2.24, 2.45) is 0 Å². The van der Waals surface area contributed by atoms with Gasteiger partial charge in [-0.1, -0.05) is 0 Å². The van der Waals surface area contributed by atoms with Gasteiger partial charge in [-0.05, 0) is 12.1 Å². The second-order valence-corrected chi connectivity index (χ2v) is 4.51. The van der Waals surface area contributed by atoms with Crippen LogP contribution in [0.4, 0.5) is 5.00 Å². The Bertz CT molecular complexity index is 339. The minimum atomic E-state index is -0.111. The molecule has 1 atom stereocenters. The van der Waals surface area contributed by atoms with Crippen LogP contribution in [-0.4, -0.2) is 43.8 Å². The first-order chi connectivity index (χ1) is 7.33. The molecule has 2 rings (SSSR count). The van der Waals surface area contributed by atoms with Gasteiger partial charge in [-0.3, -0.25) is 4.79 Å². The summed E-state index contributed by atoms with van der Waals surface area (Å²) in [6, 6.07) is 3.75. The van der Waals surface area contributed by atoms with E-state index in [1.54, 1.807) is 0 Å². The van der Waals surface area contributed by atoms with Gasteiger partial charge in [-0.2, -0.15) is 0 Å². The lowest BCUT2D eigenvalue weighted by Crippen LogP contribution is -2.43. The second-order valence-electron chi connectivity index (χ2n) is 3.42. The van der Waals surface area contributed by atoms with Crippen LogP contribution in [0.3, 0.4) is 0 Å². The van der Waals surface area contributed by atoms with Gasteiger partial charge in [0.25, 0.3) is 0 Å². The number of aldehydes is 1. The fourth-order valence-corrected chi connectivity index (χ4v) is 2.46. The molecule has 1 aliphatic rings. The van der Waals surface area contributed by atoms with E-state index in [2.05, 4.69) is 4.90 Å². The highest BCUT2D eigenvalue weighted by molar-refractivity contribution is 7.17. The van der Waals surface area contributed by atoms with Crippen LogP contribution in [0.25, 0.3) is 0 Å². The summed E-state index contributed by atoms with van der Waals surface area (Å²) in [5.74, 6) is 0. The molecule has 1 saturated heterocycles. The molecule has 0 aromatic carbocycles. The monoisotopic (exact) mass is 227 g/mol. The zero-order valence-corrected chi connectivity index (χ0v) is 9.07. The number of morpholine rings is 1. The summed E-state index contributed by atoms with van der Waals surface area (Å²) in [5, 5.41) is 10.1. The fraction of sp³-hybridized carbons (Fsp3) is 0.500. The van der Waals surface area contributed by atoms with Crippen molar-refractivity contribution in [1.82, 2.24) is 0 Å². The van der Waals surface area contributed by atoms with Gasteiger partial charge in [0, 0.05) is 13.1 Å². The van der Waals surface area contributed by atoms with Crippen LogP contribution in [0.15, 0.2) is 12.1 Å². The normalized spacial score (nSPS) is 21.7. The molecule has 2 heterocycles. The molecule has 82 valence electrons. The third kappa shape index (κ3) is 2.37. The number of ether oxygens (including phenoxy) is 1. The van der Waals surface area contributed by atoms with E-state index in [1.807, 2.05) is 12.1 Å². The van der Waals surface area contributed by atoms with E-state index in [0.717, 1.165) is 22.7 Å². The number of anilines is 1. The van der Waals surface area contributed by atoms with E-state index in [1.165, 1.54) is 11.3 Å². The van der Waals surface area contributed by atoms with Gasteiger partial charge in [0.05, 0.1) is 29.2 Å². The first-order valence-corrected chi connectivity index (χ1v) is 5.67. The van der Waals surface area contributed by atoms with Crippen LogP contribution in [0.2, 0.25) is 0 Å². The third-order valence-corrected chi connectivity index (χ3v) is 3.45. The summed E-state index contributed by atoms with van der Waals surface area (Å²) in [6.07, 6.45) is 0.749. The summed E-state index contributed by atoms with van der Waals surface area (Å²) >= 11 is 1.47. The molecule has 1 aromatic rings. The Hall–Kier alpha value is -0.910. The van der Waals surface area contributed by atoms with Crippen molar-refractivity contribution in [3.63, 3.8) is 0 Å². The number of rotatable bonds is 3. The van der Waals surface area contributed by atoms with Crippen LogP contribution in [0.5, 0.6) is 0 Å². The SMILES string of the molecule is O=Cc1ccc(N2CCOC(CO)C2)s1. The number of aliphatic hydroxyl groups is 1. The number of hydrogen-bond acceptors (Lipinski definition) is 5. The van der Waals surface area contributed by atoms with Crippen molar-refractivity contribution < 1.29 is 14.6 Å². The highest BCUT2D eigenvalue weighted by atomic mass is 32.1. The van der Waals surface area contributed by atoms with E-state index in [9.17, 15) is 4.79 Å². The van der Waals surface area contributed by atoms with Crippen molar-refractivity contribution >= 4 is 22.6 Å². The van der Waals surface area contributed by atoms with E-state index in [4.69, 9.17) is 9.84 Å². The zero-order chi connectivity index (χ0) is 10.7. The predicted octanol–water partition coefficient (Wildman–Crippen LogP) is 0.758. The molecule has 0 bridgehead atoms. The fourth-order valence-electron chi connectivity index (χ4n) is 1.61. The first kappa shape index (κ1) is 10.6. The Labute approximate surface area is 92.1 Å². The molecule has 0 radical (unpaired) electrons. The maximum atomic E-state index is 10.6. The van der Waals surface area contributed by atoms with Crippen molar-refractivity contribution in [1.29, 1.82) is 0 Å². The summed E-state index contributed by atoms with van der Waals surface area (Å²) in [7, 11) is 0. The van der Waals surface area contributed by atoms with Crippen molar-refractivity contribution in [2.45, 2.75) is 6.10 Å². The van der Waals surface area contributed by atoms with E-state index in [-0.39, 0.29) is 12.7 Å². The third-order valence-electron chi connectivity index (χ3n) is 2.38. The molecule has 1 aliphatic heterocycles. The summed E-state index contributed by atoms with van der Waals surface area (Å²) in [4.78, 5) is 13.4. The molecule has 1 unspecified atom stereocenters. The Morgan fingerprint density at radius 2 is 2.53 bits per heavy atom. The Morgan fingerprint density at radius 3 is 3.20 bits per heavy atom. The van der Waals surface area contributed by atoms with Crippen molar-refractivity contribution in [3.8, 4) is 0 Å². The highest BCUT2D eigenvalue weighted by Gasteiger charge is 2.20. The molecule has 1 N–H and O–H groups in total. The molecule has 5 heteroatoms. The Balaban J connectivity index is 2.06. The van der Waals surface area contributed by atoms with Crippen LogP contribution in [0, 0.1) is 0 Å². The van der Waals surface area contributed by atoms with Crippen molar-refractivity contribution in [3.05, 3.63) is 17.0 Å². The van der Waals surface area contributed by atoms with Gasteiger partial charge in [0.15, 0.2) is 6.29 Å². The molecule has 0 aliphatic carbocycles. The van der Waals surface area contributed by atoms with Crippen molar-refractivity contribution in [2.75, 3.05) is 31.2 Å². The number of carbonyl (C=O) groups is 1. The largest absolute Gasteiger partial charge is 0.394 e. The van der Waals surface area contributed by atoms with Gasteiger partial charge < -0.3 is 14.7 Å². The number of nitrogens with zero attached hydrogens (tertiary/aromatic N) is 1. The summed E-state index contributed by atoms with van der Waals surface area (Å²) < 4.78 is 5.36. The van der Waals surface area contributed by atoms with Crippen LogP contribution >= 0.6 is 11.3 Å². The molecular formula is C10H13NO3S. The predicted molar refractivity (Wildman–Crippen MR) is 58.7 cm³/mol. The lowest BCUT2D eigenvalue weighted by molar-refractivity contribution is 0.00374. The van der Waals surface area contributed by atoms with Gasteiger partial charge in [-0.15, -0.1) is 11.3 Å². The molecule has 15 heavy (non-hydrogen) atoms. The van der Waals surface area contributed by atoms with Crippen LogP contribution in [0.1, 0.15) is 9.67 Å². The summed E-state index contributed by atoms with van der Waals surface area (Å²) in [6.45, 7) is 2.17. The molecular weight excluding hydrogens is 214 g/mol. The highest BCUT2D eigenvalue weighted by Crippen LogP contribution is 2.26. The minimum Gasteiger partial charge on any atom is -0.394 e. The lowest BCUT2D eigenvalue weighted by Gasteiger charge is -2.32. The van der Waals surface area contributed by atoms with E-state index in [0.29, 0.717) is 13.2 Å². The average molecular weight is 227 g/mol. The number of thiophene rings is 1. The lowest BCUT2D eigenvalue weighted by atomic mass is 10.3. The topological polar surface area (TPSA) is 49.8 Å². The molecule has 4 nitrogen and oxygen atoms in total. The maximum absolute atomic E-state index is 10.6. The standard InChI is InChI=1S/C10H13NO3S/c12-6-8-5-11(3-4-14-8)10-2-1-9(7-13)15-10/h1-2,7-8,12H,3-6H2. The smallest absolute Gasteiger partial charge is 0.160 e. The average Bonchev–Trinajstić information content (AvgIpc) is 2.78. The molecule has 1 fully saturated rings. The second kappa shape index (κ2) is 4.74. The van der Waals surface area contributed by atoms with Crippen LogP contribution < -0.4 is 4.90 Å². The zero-order valence-electron chi connectivity index (χ0n) is 8.26. The number of hydrogen-bond donors (Lipinski definition) is 1. The van der Waals surface area contributed by atoms with Gasteiger partial charge in [-0.25, -0.2) is 0 Å². The van der Waals surface area contributed by atoms with E-state index >= 15 is 0 Å². The molecule has 1 aromatic heterocycles. The minimum absolute atomic E-state index is 0.0441. The summed E-state index contributed by atoms with van der Waals surface area (Å²) in [5.41, 5.74) is 0. The van der Waals surface area contributed by atoms with E-state index < -0.39 is 0 Å². The molecule has 0 amide bonds. The Morgan fingerprint density at radius 1 is 1.67 bits per heavy atom. The first-order valence-electron chi connectivity index (χ1n) is 4.86. The number of carbonyl (C=O) groups excluding carboxylic acids is 1. The maximum Gasteiger partial charge on any atom is 0.160 e.